The molecular formula is C94H132ClN19O11. The Bertz CT molecular complexity index is 4930. The molecule has 5 saturated heterocycles. The number of ether oxygens (including phenoxy) is 3. The van der Waals surface area contributed by atoms with Crippen molar-refractivity contribution in [2.24, 2.45) is 5.73 Å². The van der Waals surface area contributed by atoms with E-state index in [1.807, 2.05) is 158 Å². The number of halogens is 1. The number of hydrogen-bond acceptors (Lipinski definition) is 18. The molecule has 5 fully saturated rings. The molecule has 5 unspecified atom stereocenters. The van der Waals surface area contributed by atoms with Gasteiger partial charge in [-0.05, 0) is 247 Å². The molecule has 9 aromatic rings. The van der Waals surface area contributed by atoms with Gasteiger partial charge in [-0.15, -0.1) is 5.73 Å². The largest absolute Gasteiger partial charge is 0.478 e. The van der Waals surface area contributed by atoms with E-state index < -0.39 is 22.8 Å². The number of urea groups is 3. The van der Waals surface area contributed by atoms with E-state index in [-0.39, 0.29) is 61.2 Å². The quantitative estimate of drug-likeness (QED) is 0.0262. The zero-order chi connectivity index (χ0) is 90.5. The highest BCUT2D eigenvalue weighted by atomic mass is 35.5. The van der Waals surface area contributed by atoms with Crippen LogP contribution in [0.1, 0.15) is 202 Å². The second-order valence-corrected chi connectivity index (χ2v) is 33.7. The molecule has 5 atom stereocenters. The number of carbonyl (C=O) groups is 7. The van der Waals surface area contributed by atoms with Gasteiger partial charge in [0.05, 0.1) is 16.3 Å². The Labute approximate surface area is 741 Å². The van der Waals surface area contributed by atoms with Crippen molar-refractivity contribution in [3.05, 3.63) is 216 Å². The first-order valence-corrected chi connectivity index (χ1v) is 42.5. The van der Waals surface area contributed by atoms with E-state index in [1.54, 1.807) is 61.7 Å². The summed E-state index contributed by atoms with van der Waals surface area (Å²) in [7, 11) is 6.31. The number of carboxylic acids is 1. The molecule has 125 heavy (non-hydrogen) atoms. The Morgan fingerprint density at radius 1 is 0.480 bits per heavy atom. The lowest BCUT2D eigenvalue weighted by molar-refractivity contribution is 0.0188. The first-order valence-electron chi connectivity index (χ1n) is 42.2. The summed E-state index contributed by atoms with van der Waals surface area (Å²) in [6.07, 6.45) is 16.5. The number of carboxylic acid groups (broad SMARTS) is 1. The van der Waals surface area contributed by atoms with Gasteiger partial charge in [0.15, 0.2) is 0 Å². The number of nitrogens with one attached hydrogen (secondary N) is 9. The van der Waals surface area contributed by atoms with Crippen LogP contribution in [0.2, 0.25) is 5.15 Å². The fraction of sp³-hybridized carbons (Fsp3) is 0.447. The van der Waals surface area contributed by atoms with Crippen LogP contribution in [0.4, 0.5) is 57.3 Å². The summed E-state index contributed by atoms with van der Waals surface area (Å²) >= 11 is 5.73. The molecule has 30 nitrogen and oxygen atoms in total. The number of fused-ring (bicyclic) bond motifs is 2. The minimum atomic E-state index is -0.929. The number of nitrogen functional groups attached to an aromatic ring is 1. The number of benzene rings is 5. The molecule has 9 amide bonds. The van der Waals surface area contributed by atoms with Crippen LogP contribution < -0.4 is 53.6 Å². The smallest absolute Gasteiger partial charge is 0.410 e. The fourth-order valence-electron chi connectivity index (χ4n) is 14.7. The lowest BCUT2D eigenvalue weighted by Crippen LogP contribution is -2.42. The van der Waals surface area contributed by atoms with Crippen LogP contribution in [0.3, 0.4) is 0 Å². The number of anilines is 5. The number of amides is 9. The van der Waals surface area contributed by atoms with Crippen LogP contribution in [0.15, 0.2) is 177 Å². The average molecular weight is 1740 g/mol. The van der Waals surface area contributed by atoms with Crippen molar-refractivity contribution in [1.82, 2.24) is 65.9 Å². The highest BCUT2D eigenvalue weighted by Crippen LogP contribution is 2.36. The molecule has 9 heterocycles. The number of nitrogens with two attached hydrogens (primary N) is 2. The molecule has 5 aliphatic heterocycles. The summed E-state index contributed by atoms with van der Waals surface area (Å²) in [5.41, 5.74) is 22.1. The molecule has 14 N–H and O–H groups in total. The van der Waals surface area contributed by atoms with Gasteiger partial charge in [-0.3, -0.25) is 0 Å². The van der Waals surface area contributed by atoms with Crippen molar-refractivity contribution in [2.75, 3.05) is 120 Å². The Hall–Kier alpha value is -12.2. The first-order chi connectivity index (χ1) is 59.2. The van der Waals surface area contributed by atoms with Gasteiger partial charge in [-0.2, -0.15) is 0 Å². The van der Waals surface area contributed by atoms with Crippen LogP contribution >= 0.6 is 11.6 Å². The molecule has 676 valence electrons. The second-order valence-electron chi connectivity index (χ2n) is 33.3. The summed E-state index contributed by atoms with van der Waals surface area (Å²) in [5, 5.41) is 31.0. The minimum absolute atomic E-state index is 0. The zero-order valence-electron chi connectivity index (χ0n) is 74.1. The third-order valence-corrected chi connectivity index (χ3v) is 20.7. The van der Waals surface area contributed by atoms with Crippen LogP contribution in [-0.2, 0) is 14.2 Å². The predicted molar refractivity (Wildman–Crippen MR) is 501 cm³/mol. The number of piperidine rings is 5. The third kappa shape index (κ3) is 34.1. The fourth-order valence-corrected chi connectivity index (χ4v) is 14.9. The number of carbonyl (C=O) groups excluding carboxylic acids is 6. The SMILES string of the molecule is C.C=C=C.CC(C)(C)OC(=O)N1CCCC(c2cccc(C(=O)O)c2)C1.CC(C)(C)OC(=O)N1CCCC(c2cccc(N)c2)C1.CN.CNC(=O)Nc1cccc(C2CCCN(C(=O)OC(C)(C)C)C2)c1.CNC(=O)Nc1cccc(C2CCCN(c3ncnc4[nH]ccc34)C2)c1.CNC(=O)Nc1cccc(C2CCCNC2)c1.Clc1ncnc2[nH]ccc12. The topological polar surface area (TPSA) is 400 Å². The van der Waals surface area contributed by atoms with Crippen molar-refractivity contribution in [3.8, 4) is 0 Å². The highest BCUT2D eigenvalue weighted by molar-refractivity contribution is 6.33. The second kappa shape index (κ2) is 50.5. The van der Waals surface area contributed by atoms with Crippen LogP contribution in [0, 0.1) is 0 Å². The summed E-state index contributed by atoms with van der Waals surface area (Å²) in [4.78, 5) is 112. The van der Waals surface area contributed by atoms with E-state index in [0.29, 0.717) is 49.1 Å². The van der Waals surface area contributed by atoms with Gasteiger partial charge >= 0.3 is 42.3 Å². The van der Waals surface area contributed by atoms with E-state index in [1.165, 1.54) is 42.9 Å². The molecule has 0 spiro atoms. The standard InChI is InChI=1S/C19H22N6O.C18H27N3O3.C17H23NO4.C16H24N2O2.C13H19N3O.C6H4ClN3.C3H4.CH5N.CH4/c1-20-19(26)24-15-6-2-4-13(10-15)14-5-3-9-25(11-14)18-16-7-8-21-17(16)22-12-23-18;1-18(2,3)24-17(23)21-10-6-8-14(12-21)13-7-5-9-15(11-13)20-16(22)19-4;1-17(2,3)22-16(21)18-9-5-8-14(11-18)12-6-4-7-13(10-12)15(19)20;1-16(2,3)20-15(19)18-9-5-7-13(11-18)12-6-4-8-14(17)10-12;1-14-13(17)16-12-6-2-4-10(8-12)11-5-3-7-15-9-11;7-5-4-1-2-8-6(4)10-3-9-5;1-3-2;1-2;/h2,4,6-8,10,12,14H,3,5,9,11H2,1H3,(H2,20,24,26)(H,21,22,23);5,7,9,11,14H,6,8,10,12H2,1-4H3,(H2,19,20,22);4,6-7,10,14H,5,8-9,11H2,1-3H3,(H,19,20);4,6,8,10,13H,5,7,9,11,17H2,1-3H3;2,4,6,8,11,15H,3,5,7,9H2,1H3,(H2,14,16,17);1-3H,(H,8,9,10);1-2H2;2H2,1H3;1H4. The zero-order valence-corrected chi connectivity index (χ0v) is 74.9. The molecule has 5 aromatic carbocycles. The van der Waals surface area contributed by atoms with E-state index in [0.717, 1.165) is 152 Å². The molecular weight excluding hydrogens is 1610 g/mol. The minimum Gasteiger partial charge on any atom is -0.478 e. The Balaban J connectivity index is 0.000000232. The molecule has 31 heteroatoms. The van der Waals surface area contributed by atoms with Gasteiger partial charge in [-0.1, -0.05) is 92.8 Å². The molecule has 5 aliphatic rings. The predicted octanol–water partition coefficient (Wildman–Crippen LogP) is 18.2. The molecule has 0 radical (unpaired) electrons. The van der Waals surface area contributed by atoms with E-state index in [2.05, 4.69) is 127 Å². The van der Waals surface area contributed by atoms with Crippen molar-refractivity contribution in [2.45, 2.75) is 180 Å². The van der Waals surface area contributed by atoms with Crippen LogP contribution in [0.5, 0.6) is 0 Å². The number of nitrogens with zero attached hydrogens (tertiary/aromatic N) is 8. The Kier molecular flexibility index (Phi) is 41.0. The molecule has 0 bridgehead atoms. The van der Waals surface area contributed by atoms with E-state index in [9.17, 15) is 33.6 Å². The van der Waals surface area contributed by atoms with Gasteiger partial charge in [0, 0.05) is 139 Å². The van der Waals surface area contributed by atoms with Gasteiger partial charge in [0.2, 0.25) is 0 Å². The van der Waals surface area contributed by atoms with Crippen molar-refractivity contribution < 1.29 is 52.9 Å². The first kappa shape index (κ1) is 102. The van der Waals surface area contributed by atoms with Crippen molar-refractivity contribution in [3.63, 3.8) is 0 Å². The van der Waals surface area contributed by atoms with Gasteiger partial charge < -0.3 is 97.6 Å². The summed E-state index contributed by atoms with van der Waals surface area (Å²) < 4.78 is 16.3. The normalized spacial score (nSPS) is 17.2. The number of aromatic nitrogens is 6. The summed E-state index contributed by atoms with van der Waals surface area (Å²) in [6, 6.07) is 42.1. The number of aromatic carboxylic acids is 1. The lowest BCUT2D eigenvalue weighted by atomic mass is 9.90. The third-order valence-electron chi connectivity index (χ3n) is 20.4. The molecule has 0 saturated carbocycles. The van der Waals surface area contributed by atoms with E-state index >= 15 is 0 Å². The molecule has 4 aromatic heterocycles. The van der Waals surface area contributed by atoms with Crippen molar-refractivity contribution in [1.29, 1.82) is 0 Å². The maximum Gasteiger partial charge on any atom is 0.410 e. The van der Waals surface area contributed by atoms with Crippen molar-refractivity contribution >= 4 is 105 Å². The van der Waals surface area contributed by atoms with Crippen LogP contribution in [0.25, 0.3) is 22.1 Å². The summed E-state index contributed by atoms with van der Waals surface area (Å²) in [6.45, 7) is 31.2. The lowest BCUT2D eigenvalue weighted by Gasteiger charge is -2.34. The van der Waals surface area contributed by atoms with Crippen LogP contribution in [-0.4, -0.2) is 202 Å². The Morgan fingerprint density at radius 2 is 0.840 bits per heavy atom. The number of rotatable bonds is 10. The number of likely N-dealkylation sites (tertiary alicyclic amines) is 3. The average Bonchev–Trinajstić information content (AvgIpc) is 1.78. The highest BCUT2D eigenvalue weighted by Gasteiger charge is 2.33. The number of hydrogen-bond donors (Lipinski definition) is 12. The van der Waals surface area contributed by atoms with E-state index in [4.69, 9.17) is 36.7 Å². The number of aromatic amines is 2. The number of H-pyrrole nitrogens is 2. The van der Waals surface area contributed by atoms with Gasteiger partial charge in [0.1, 0.15) is 51.7 Å². The Morgan fingerprint density at radius 3 is 1.23 bits per heavy atom. The summed E-state index contributed by atoms with van der Waals surface area (Å²) in [5.74, 6) is 1.77. The van der Waals surface area contributed by atoms with Gasteiger partial charge in [-0.25, -0.2) is 53.5 Å². The maximum atomic E-state index is 12.3. The molecule has 14 rings (SSSR count). The monoisotopic (exact) mass is 1740 g/mol. The maximum absolute atomic E-state index is 12.3. The van der Waals surface area contributed by atoms with Gasteiger partial charge in [0.25, 0.3) is 0 Å². The molecule has 0 aliphatic carbocycles.